The minimum absolute atomic E-state index is 0.0452. The quantitative estimate of drug-likeness (QED) is 0.405. The lowest BCUT2D eigenvalue weighted by atomic mass is 9.87. The zero-order valence-corrected chi connectivity index (χ0v) is 21.8. The van der Waals surface area contributed by atoms with Crippen LogP contribution in [0.3, 0.4) is 0 Å². The molecule has 3 aromatic carbocycles. The maximum Gasteiger partial charge on any atom is 0.287 e. The lowest BCUT2D eigenvalue weighted by Crippen LogP contribution is -3.12. The van der Waals surface area contributed by atoms with E-state index in [1.807, 2.05) is 85.8 Å². The molecule has 2 unspecified atom stereocenters. The minimum atomic E-state index is -0.694. The van der Waals surface area contributed by atoms with Gasteiger partial charge in [0.05, 0.1) is 12.0 Å². The Morgan fingerprint density at radius 1 is 0.973 bits per heavy atom. The van der Waals surface area contributed by atoms with Crippen molar-refractivity contribution in [3.8, 4) is 11.5 Å². The van der Waals surface area contributed by atoms with Crippen molar-refractivity contribution < 1.29 is 19.3 Å². The number of ether oxygens (including phenoxy) is 1. The van der Waals surface area contributed by atoms with Gasteiger partial charge in [0, 0.05) is 12.0 Å². The van der Waals surface area contributed by atoms with E-state index in [0.717, 1.165) is 29.7 Å². The molecule has 1 heterocycles. The van der Waals surface area contributed by atoms with Gasteiger partial charge >= 0.3 is 0 Å². The Balaban J connectivity index is 1.25. The first-order valence-electron chi connectivity index (χ1n) is 13.1. The van der Waals surface area contributed by atoms with Crippen LogP contribution in [0.2, 0.25) is 0 Å². The number of nitrogens with zero attached hydrogens (tertiary/aromatic N) is 1. The third-order valence-corrected chi connectivity index (χ3v) is 7.75. The fourth-order valence-electron chi connectivity index (χ4n) is 5.57. The summed E-state index contributed by atoms with van der Waals surface area (Å²) in [6.07, 6.45) is 2.37. The molecule has 2 fully saturated rings. The molecule has 2 atom stereocenters. The van der Waals surface area contributed by atoms with Gasteiger partial charge in [0.2, 0.25) is 0 Å². The summed E-state index contributed by atoms with van der Waals surface area (Å²) in [7, 11) is 0. The first kappa shape index (κ1) is 25.2. The molecule has 2 aliphatic rings. The second kappa shape index (κ2) is 9.77. The zero-order valence-electron chi connectivity index (χ0n) is 21.8. The summed E-state index contributed by atoms with van der Waals surface area (Å²) in [5, 5.41) is 0.505. The van der Waals surface area contributed by atoms with Crippen LogP contribution in [0.5, 0.6) is 11.5 Å². The van der Waals surface area contributed by atoms with Gasteiger partial charge in [0.1, 0.15) is 18.2 Å². The van der Waals surface area contributed by atoms with Crippen LogP contribution >= 0.6 is 0 Å². The summed E-state index contributed by atoms with van der Waals surface area (Å²) in [4.78, 5) is 28.4. The highest BCUT2D eigenvalue weighted by Crippen LogP contribution is 2.50. The smallest absolute Gasteiger partial charge is 0.287 e. The Morgan fingerprint density at radius 3 is 2.19 bits per heavy atom. The van der Waals surface area contributed by atoms with Gasteiger partial charge in [-0.2, -0.15) is 0 Å². The molecule has 1 amide bonds. The Hall–Kier alpha value is -3.48. The van der Waals surface area contributed by atoms with Gasteiger partial charge in [-0.15, -0.1) is 0 Å². The van der Waals surface area contributed by atoms with Crippen LogP contribution in [0, 0.1) is 5.92 Å². The molecule has 1 aliphatic heterocycles. The molecule has 6 nitrogen and oxygen atoms in total. The summed E-state index contributed by atoms with van der Waals surface area (Å²) in [6.45, 7) is 6.96. The number of ketones is 1. The number of carbonyl (C=O) groups is 2. The lowest BCUT2D eigenvalue weighted by molar-refractivity contribution is -0.888. The Morgan fingerprint density at radius 2 is 1.59 bits per heavy atom. The monoisotopic (exact) mass is 497 g/mol. The molecule has 6 heteroatoms. The van der Waals surface area contributed by atoms with E-state index < -0.39 is 11.0 Å². The third-order valence-electron chi connectivity index (χ3n) is 7.75. The fourth-order valence-corrected chi connectivity index (χ4v) is 5.57. The van der Waals surface area contributed by atoms with Crippen LogP contribution < -0.4 is 9.75 Å². The van der Waals surface area contributed by atoms with Gasteiger partial charge < -0.3 is 15.6 Å². The molecule has 0 radical (unpaired) electrons. The van der Waals surface area contributed by atoms with Crippen molar-refractivity contribution in [2.45, 2.75) is 57.5 Å². The standard InChI is InChI=1S/C31H35N3O3/c1-22(2)19-30(3)29(36)33(21-34(30)32)20-23-9-13-25(14-10-23)31(17-18-31)28(35)24-11-15-27(16-12-24)37-26-7-5-4-6-8-26/h4-16,22,32,34H,17-21H2,1-3H3. The maximum absolute atomic E-state index is 13.5. The summed E-state index contributed by atoms with van der Waals surface area (Å²) >= 11 is 0. The first-order valence-corrected chi connectivity index (χ1v) is 13.1. The predicted molar refractivity (Wildman–Crippen MR) is 143 cm³/mol. The largest absolute Gasteiger partial charge is 0.467 e. The number of nitrogens with one attached hydrogen (secondary N) is 2. The second-order valence-electron chi connectivity index (χ2n) is 11.1. The molecule has 5 rings (SSSR count). The van der Waals surface area contributed by atoms with E-state index in [9.17, 15) is 9.59 Å². The summed E-state index contributed by atoms with van der Waals surface area (Å²) in [5.74, 6) is 10.4. The number of hydrogen-bond donors (Lipinski definition) is 1. The fraction of sp³-hybridized carbons (Fsp3) is 0.355. The molecule has 0 spiro atoms. The molecule has 1 aliphatic carbocycles. The lowest BCUT2D eigenvalue weighted by Gasteiger charge is -2.32. The first-order chi connectivity index (χ1) is 17.7. The highest BCUT2D eigenvalue weighted by atomic mass is 16.5. The normalized spacial score (nSPS) is 22.4. The average molecular weight is 498 g/mol. The highest BCUT2D eigenvalue weighted by Gasteiger charge is 2.51. The van der Waals surface area contributed by atoms with Gasteiger partial charge in [-0.1, -0.05) is 56.3 Å². The summed E-state index contributed by atoms with van der Waals surface area (Å²) in [5.41, 5.74) is 1.56. The summed E-state index contributed by atoms with van der Waals surface area (Å²) in [6, 6.07) is 25.1. The van der Waals surface area contributed by atoms with Crippen LogP contribution in [0.25, 0.3) is 5.84 Å². The Labute approximate surface area is 219 Å². The van der Waals surface area contributed by atoms with Gasteiger partial charge in [0.25, 0.3) is 5.91 Å². The number of rotatable bonds is 9. The molecular formula is C31H35N3O3. The van der Waals surface area contributed by atoms with Crippen molar-refractivity contribution in [1.29, 1.82) is 0 Å². The molecule has 192 valence electrons. The number of Topliss-reactive ketones (excluding diaryl/α,β-unsaturated/α-hetero) is 1. The molecular weight excluding hydrogens is 462 g/mol. The van der Waals surface area contributed by atoms with Gasteiger partial charge in [-0.3, -0.25) is 14.5 Å². The molecule has 0 aromatic heterocycles. The van der Waals surface area contributed by atoms with Crippen LogP contribution in [0.1, 0.15) is 61.5 Å². The number of benzene rings is 3. The second-order valence-corrected chi connectivity index (χ2v) is 11.1. The van der Waals surface area contributed by atoms with E-state index in [-0.39, 0.29) is 11.7 Å². The number of hydrogen-bond acceptors (Lipinski definition) is 3. The average Bonchev–Trinajstić information content (AvgIpc) is 3.67. The topological polar surface area (TPSA) is 74.8 Å². The van der Waals surface area contributed by atoms with E-state index in [0.29, 0.717) is 41.9 Å². The Bertz CT molecular complexity index is 1270. The molecule has 37 heavy (non-hydrogen) atoms. The number of amides is 1. The van der Waals surface area contributed by atoms with E-state index in [1.54, 1.807) is 4.90 Å². The third kappa shape index (κ3) is 4.91. The predicted octanol–water partition coefficient (Wildman–Crippen LogP) is 5.35. The van der Waals surface area contributed by atoms with Crippen molar-refractivity contribution >= 4 is 11.7 Å². The van der Waals surface area contributed by atoms with Crippen LogP contribution in [-0.2, 0) is 16.8 Å². The number of para-hydroxylation sites is 1. The van der Waals surface area contributed by atoms with Crippen molar-refractivity contribution in [3.05, 3.63) is 101 Å². The SMILES string of the molecule is CC(C)CC1(C)C(=O)N(Cc2ccc(C3(C(=O)c4ccc(Oc5ccccc5)cc4)CC3)cc2)C[NH+]1[NH-]. The van der Waals surface area contributed by atoms with E-state index in [4.69, 9.17) is 10.6 Å². The number of quaternary nitrogens is 1. The number of carbonyl (C=O) groups excluding carboxylic acids is 2. The van der Waals surface area contributed by atoms with Crippen molar-refractivity contribution in [2.24, 2.45) is 5.92 Å². The van der Waals surface area contributed by atoms with E-state index in [1.165, 1.54) is 0 Å². The minimum Gasteiger partial charge on any atom is -0.467 e. The van der Waals surface area contributed by atoms with E-state index in [2.05, 4.69) is 13.8 Å². The van der Waals surface area contributed by atoms with Crippen molar-refractivity contribution in [1.82, 2.24) is 4.90 Å². The zero-order chi connectivity index (χ0) is 26.2. The van der Waals surface area contributed by atoms with Gasteiger partial charge in [0.15, 0.2) is 11.3 Å². The van der Waals surface area contributed by atoms with Crippen LogP contribution in [0.15, 0.2) is 78.9 Å². The molecule has 1 saturated heterocycles. The molecule has 1 saturated carbocycles. The molecule has 2 N–H and O–H groups in total. The van der Waals surface area contributed by atoms with Crippen molar-refractivity contribution in [2.75, 3.05) is 6.67 Å². The highest BCUT2D eigenvalue weighted by molar-refractivity contribution is 6.06. The van der Waals surface area contributed by atoms with Gasteiger partial charge in [-0.05, 0) is 73.2 Å². The van der Waals surface area contributed by atoms with Crippen LogP contribution in [-0.4, -0.2) is 28.8 Å². The molecule has 0 bridgehead atoms. The summed E-state index contributed by atoms with van der Waals surface area (Å²) < 4.78 is 5.86. The van der Waals surface area contributed by atoms with Gasteiger partial charge in [-0.25, -0.2) is 0 Å². The maximum atomic E-state index is 13.5. The molecule has 3 aromatic rings. The van der Waals surface area contributed by atoms with E-state index >= 15 is 0 Å². The van der Waals surface area contributed by atoms with Crippen LogP contribution in [0.4, 0.5) is 0 Å². The van der Waals surface area contributed by atoms with Crippen molar-refractivity contribution in [3.63, 3.8) is 0 Å². The Kier molecular flexibility index (Phi) is 6.65.